The van der Waals surface area contributed by atoms with Crippen molar-refractivity contribution in [3.63, 3.8) is 0 Å². The first-order valence-electron chi connectivity index (χ1n) is 8.19. The highest BCUT2D eigenvalue weighted by Gasteiger charge is 2.26. The number of carbonyl (C=O) groups excluding carboxylic acids is 1. The largest absolute Gasteiger partial charge is 0.467 e. The molecule has 0 aromatic carbocycles. The molecule has 0 atom stereocenters. The van der Waals surface area contributed by atoms with E-state index in [1.807, 2.05) is 11.0 Å². The lowest BCUT2D eigenvalue weighted by molar-refractivity contribution is 0.112. The molecule has 1 fully saturated rings. The lowest BCUT2D eigenvalue weighted by atomic mass is 9.94. The molecule has 7 heteroatoms. The molecule has 0 radical (unpaired) electrons. The molecule has 7 nitrogen and oxygen atoms in total. The Morgan fingerprint density at radius 3 is 2.71 bits per heavy atom. The minimum Gasteiger partial charge on any atom is -0.467 e. The summed E-state index contributed by atoms with van der Waals surface area (Å²) < 4.78 is 6.34. The molecule has 0 aliphatic heterocycles. The second-order valence-corrected chi connectivity index (χ2v) is 6.17. The van der Waals surface area contributed by atoms with Crippen LogP contribution in [0.25, 0.3) is 0 Å². The molecular formula is C17H21N3O4. The number of hydrogen-bond donors (Lipinski definition) is 1. The zero-order valence-electron chi connectivity index (χ0n) is 13.7. The molecule has 2 aromatic rings. The molecule has 2 aromatic heterocycles. The van der Waals surface area contributed by atoms with Crippen LogP contribution in [0.15, 0.2) is 32.4 Å². The Bertz CT molecular complexity index is 813. The summed E-state index contributed by atoms with van der Waals surface area (Å²) in [6, 6.07) is 3.79. The summed E-state index contributed by atoms with van der Waals surface area (Å²) >= 11 is 0. The number of nitrogens with zero attached hydrogens (tertiary/aromatic N) is 2. The summed E-state index contributed by atoms with van der Waals surface area (Å²) in [4.78, 5) is 40.5. The summed E-state index contributed by atoms with van der Waals surface area (Å²) in [6.07, 6.45) is 7.37. The van der Waals surface area contributed by atoms with Crippen LogP contribution in [-0.2, 0) is 13.6 Å². The van der Waals surface area contributed by atoms with Gasteiger partial charge in [0, 0.05) is 13.1 Å². The van der Waals surface area contributed by atoms with E-state index in [0.717, 1.165) is 36.0 Å². The van der Waals surface area contributed by atoms with Crippen molar-refractivity contribution >= 4 is 12.1 Å². The van der Waals surface area contributed by atoms with Crippen molar-refractivity contribution in [1.29, 1.82) is 0 Å². The molecule has 0 spiro atoms. The van der Waals surface area contributed by atoms with Gasteiger partial charge in [-0.1, -0.05) is 19.3 Å². The van der Waals surface area contributed by atoms with Gasteiger partial charge in [-0.2, -0.15) is 0 Å². The van der Waals surface area contributed by atoms with E-state index in [-0.39, 0.29) is 11.6 Å². The highest BCUT2D eigenvalue weighted by Crippen LogP contribution is 2.28. The third-order valence-electron chi connectivity index (χ3n) is 4.65. The van der Waals surface area contributed by atoms with Gasteiger partial charge in [0.15, 0.2) is 6.29 Å². The topological polar surface area (TPSA) is 88.3 Å². The van der Waals surface area contributed by atoms with Crippen LogP contribution >= 0.6 is 0 Å². The first-order valence-corrected chi connectivity index (χ1v) is 8.19. The van der Waals surface area contributed by atoms with Crippen molar-refractivity contribution in [2.75, 3.05) is 4.90 Å². The van der Waals surface area contributed by atoms with Crippen molar-refractivity contribution in [3.8, 4) is 0 Å². The molecule has 1 aliphatic rings. The van der Waals surface area contributed by atoms with Gasteiger partial charge in [0.25, 0.3) is 5.56 Å². The number of aromatic nitrogens is 2. The summed E-state index contributed by atoms with van der Waals surface area (Å²) in [5.41, 5.74) is -1.13. The second kappa shape index (κ2) is 6.90. The fraction of sp³-hybridized carbons (Fsp3) is 0.471. The highest BCUT2D eigenvalue weighted by atomic mass is 16.3. The van der Waals surface area contributed by atoms with Gasteiger partial charge in [-0.25, -0.2) is 4.79 Å². The smallest absolute Gasteiger partial charge is 0.329 e. The summed E-state index contributed by atoms with van der Waals surface area (Å²) in [7, 11) is 1.36. The van der Waals surface area contributed by atoms with Gasteiger partial charge in [-0.3, -0.25) is 19.1 Å². The predicted molar refractivity (Wildman–Crippen MR) is 89.5 cm³/mol. The molecule has 0 unspecified atom stereocenters. The number of rotatable bonds is 5. The Balaban J connectivity index is 2.09. The zero-order valence-corrected chi connectivity index (χ0v) is 13.7. The van der Waals surface area contributed by atoms with Gasteiger partial charge in [0.2, 0.25) is 0 Å². The van der Waals surface area contributed by atoms with Gasteiger partial charge < -0.3 is 9.32 Å². The normalized spacial score (nSPS) is 15.4. The fourth-order valence-corrected chi connectivity index (χ4v) is 3.31. The maximum atomic E-state index is 12.3. The van der Waals surface area contributed by atoms with Gasteiger partial charge in [-0.05, 0) is 25.0 Å². The van der Waals surface area contributed by atoms with Gasteiger partial charge in [0.1, 0.15) is 17.1 Å². The van der Waals surface area contributed by atoms with E-state index in [4.69, 9.17) is 4.42 Å². The average molecular weight is 331 g/mol. The van der Waals surface area contributed by atoms with Gasteiger partial charge in [0.05, 0.1) is 12.8 Å². The van der Waals surface area contributed by atoms with Crippen molar-refractivity contribution in [3.05, 3.63) is 50.6 Å². The quantitative estimate of drug-likeness (QED) is 0.844. The van der Waals surface area contributed by atoms with E-state index >= 15 is 0 Å². The molecule has 1 saturated carbocycles. The van der Waals surface area contributed by atoms with Gasteiger partial charge in [-0.15, -0.1) is 0 Å². The number of anilines is 1. The average Bonchev–Trinajstić information content (AvgIpc) is 3.11. The first kappa shape index (κ1) is 16.3. The monoisotopic (exact) mass is 331 g/mol. The Hall–Kier alpha value is -2.57. The Labute approximate surface area is 138 Å². The van der Waals surface area contributed by atoms with Crippen LogP contribution in [0.2, 0.25) is 0 Å². The third kappa shape index (κ3) is 3.06. The van der Waals surface area contributed by atoms with E-state index in [1.54, 1.807) is 12.3 Å². The van der Waals surface area contributed by atoms with Crippen LogP contribution in [0.3, 0.4) is 0 Å². The number of furan rings is 1. The van der Waals surface area contributed by atoms with E-state index in [2.05, 4.69) is 4.98 Å². The highest BCUT2D eigenvalue weighted by molar-refractivity contribution is 5.82. The molecule has 0 saturated heterocycles. The Kier molecular flexibility index (Phi) is 4.69. The summed E-state index contributed by atoms with van der Waals surface area (Å²) in [5, 5.41) is 0. The first-order chi connectivity index (χ1) is 11.6. The van der Waals surface area contributed by atoms with Crippen molar-refractivity contribution in [2.24, 2.45) is 7.05 Å². The number of carbonyl (C=O) groups is 1. The molecule has 128 valence electrons. The minimum absolute atomic E-state index is 0.0192. The van der Waals surface area contributed by atoms with Crippen LogP contribution in [0.5, 0.6) is 0 Å². The van der Waals surface area contributed by atoms with E-state index in [9.17, 15) is 14.4 Å². The zero-order chi connectivity index (χ0) is 17.1. The molecule has 3 rings (SSSR count). The van der Waals surface area contributed by atoms with Crippen LogP contribution < -0.4 is 16.1 Å². The fourth-order valence-electron chi connectivity index (χ4n) is 3.31. The molecule has 0 bridgehead atoms. The minimum atomic E-state index is -0.580. The van der Waals surface area contributed by atoms with E-state index < -0.39 is 11.2 Å². The number of aldehydes is 1. The van der Waals surface area contributed by atoms with Crippen LogP contribution in [0.1, 0.15) is 48.2 Å². The number of hydrogen-bond acceptors (Lipinski definition) is 5. The van der Waals surface area contributed by atoms with Crippen LogP contribution in [-0.4, -0.2) is 21.9 Å². The Morgan fingerprint density at radius 1 is 1.33 bits per heavy atom. The van der Waals surface area contributed by atoms with Crippen LogP contribution in [0.4, 0.5) is 5.82 Å². The maximum absolute atomic E-state index is 12.3. The molecule has 1 N–H and O–H groups in total. The van der Waals surface area contributed by atoms with E-state index in [0.29, 0.717) is 18.6 Å². The maximum Gasteiger partial charge on any atom is 0.329 e. The molecule has 0 amide bonds. The SMILES string of the molecule is Cn1c(=O)[nH]c(N(Cc2ccco2)C2CCCCC2)c(C=O)c1=O. The summed E-state index contributed by atoms with van der Waals surface area (Å²) in [5.74, 6) is 1.01. The van der Waals surface area contributed by atoms with Crippen molar-refractivity contribution in [1.82, 2.24) is 9.55 Å². The number of H-pyrrole nitrogens is 1. The molecular weight excluding hydrogens is 310 g/mol. The number of nitrogens with one attached hydrogen (secondary N) is 1. The molecule has 2 heterocycles. The summed E-state index contributed by atoms with van der Waals surface area (Å²) in [6.45, 7) is 0.404. The predicted octanol–water partition coefficient (Wildman–Crippen LogP) is 1.82. The Morgan fingerprint density at radius 2 is 2.08 bits per heavy atom. The van der Waals surface area contributed by atoms with Crippen molar-refractivity contribution < 1.29 is 9.21 Å². The lowest BCUT2D eigenvalue weighted by Crippen LogP contribution is -2.43. The van der Waals surface area contributed by atoms with E-state index in [1.165, 1.54) is 13.5 Å². The third-order valence-corrected chi connectivity index (χ3v) is 4.65. The lowest BCUT2D eigenvalue weighted by Gasteiger charge is -2.35. The standard InChI is InChI=1S/C17H21N3O4/c1-19-16(22)14(11-21)15(18-17(19)23)20(10-13-8-5-9-24-13)12-6-3-2-4-7-12/h5,8-9,11-12H,2-4,6-7,10H2,1H3,(H,18,23). The van der Waals surface area contributed by atoms with Gasteiger partial charge >= 0.3 is 5.69 Å². The molecule has 1 aliphatic carbocycles. The van der Waals surface area contributed by atoms with Crippen molar-refractivity contribution in [2.45, 2.75) is 44.7 Å². The second-order valence-electron chi connectivity index (χ2n) is 6.17. The molecule has 24 heavy (non-hydrogen) atoms. The van der Waals surface area contributed by atoms with Crippen LogP contribution in [0, 0.1) is 0 Å². The number of aromatic amines is 1.